The number of hydrogen-bond donors (Lipinski definition) is 1. The van der Waals surface area contributed by atoms with Crippen molar-refractivity contribution < 1.29 is 4.42 Å². The molecule has 0 spiro atoms. The van der Waals surface area contributed by atoms with E-state index in [2.05, 4.69) is 34.3 Å². The summed E-state index contributed by atoms with van der Waals surface area (Å²) in [6.07, 6.45) is 21.9. The third kappa shape index (κ3) is 68.4. The van der Waals surface area contributed by atoms with Crippen LogP contribution in [0.5, 0.6) is 0 Å². The fraction of sp³-hybridized carbons (Fsp3) is 0.324. The molecule has 6 aromatic rings. The number of rotatable bonds is 0. The third-order valence-electron chi connectivity index (χ3n) is 2.87. The first-order valence-corrected chi connectivity index (χ1v) is 16.7. The van der Waals surface area contributed by atoms with E-state index in [1.54, 1.807) is 79.5 Å². The Morgan fingerprint density at radius 3 is 0.889 bits per heavy atom. The van der Waals surface area contributed by atoms with Crippen molar-refractivity contribution >= 4 is 11.3 Å². The molecule has 6 heterocycles. The van der Waals surface area contributed by atoms with Gasteiger partial charge in [-0.25, -0.2) is 9.97 Å². The van der Waals surface area contributed by atoms with Crippen molar-refractivity contribution in [3.05, 3.63) is 152 Å². The summed E-state index contributed by atoms with van der Waals surface area (Å²) in [7, 11) is 0. The number of aromatic nitrogens is 6. The standard InChI is InChI=1S/C5H5N.2C4H4N2.C4H5N.C4H4O.C4H4S.6C2H6/c1-2-4-6-5-3-1;1-2-6-4-3-5-1;1-2-5-4-6-3-1;3*1-2-4-5-3-1;6*1-2/h1-5H;2*1-4H;1-5H;2*1-4H;6*1-2H3. The van der Waals surface area contributed by atoms with Gasteiger partial charge in [-0.15, -0.1) is 0 Å². The van der Waals surface area contributed by atoms with Crippen molar-refractivity contribution in [3.63, 3.8) is 0 Å². The Kier molecular flexibility index (Phi) is 85.2. The Labute approximate surface area is 280 Å². The van der Waals surface area contributed by atoms with Gasteiger partial charge in [0, 0.05) is 62.0 Å². The Bertz CT molecular complexity index is 734. The first-order valence-electron chi connectivity index (χ1n) is 15.8. The van der Waals surface area contributed by atoms with Gasteiger partial charge in [0.1, 0.15) is 6.33 Å². The molecule has 0 amide bonds. The van der Waals surface area contributed by atoms with E-state index in [0.29, 0.717) is 0 Å². The number of H-pyrrole nitrogens is 1. The topological polar surface area (TPSA) is 93.4 Å². The molecular formula is C37H62N6OS. The van der Waals surface area contributed by atoms with Crippen LogP contribution < -0.4 is 0 Å². The lowest BCUT2D eigenvalue weighted by Crippen LogP contribution is -1.66. The number of aromatic amines is 1. The highest BCUT2D eigenvalue weighted by Crippen LogP contribution is 1.91. The largest absolute Gasteiger partial charge is 0.473 e. The van der Waals surface area contributed by atoms with Crippen LogP contribution in [0.15, 0.2) is 157 Å². The van der Waals surface area contributed by atoms with Crippen molar-refractivity contribution in [2.75, 3.05) is 0 Å². The molecule has 45 heavy (non-hydrogen) atoms. The molecule has 6 rings (SSSR count). The summed E-state index contributed by atoms with van der Waals surface area (Å²) in [5.74, 6) is 0. The molecule has 0 aliphatic rings. The molecule has 0 aliphatic heterocycles. The molecule has 0 aliphatic carbocycles. The van der Waals surface area contributed by atoms with E-state index in [-0.39, 0.29) is 0 Å². The maximum atomic E-state index is 4.58. The van der Waals surface area contributed by atoms with Gasteiger partial charge in [-0.3, -0.25) is 15.0 Å². The van der Waals surface area contributed by atoms with Gasteiger partial charge < -0.3 is 9.40 Å². The molecule has 0 atom stereocenters. The number of nitrogens with one attached hydrogen (secondary N) is 1. The van der Waals surface area contributed by atoms with E-state index < -0.39 is 0 Å². The van der Waals surface area contributed by atoms with Gasteiger partial charge in [0.15, 0.2) is 0 Å². The Morgan fingerprint density at radius 1 is 0.378 bits per heavy atom. The second kappa shape index (κ2) is 72.1. The number of nitrogens with zero attached hydrogens (tertiary/aromatic N) is 5. The summed E-state index contributed by atoms with van der Waals surface area (Å²) in [5.41, 5.74) is 0. The zero-order chi connectivity index (χ0) is 35.3. The van der Waals surface area contributed by atoms with Crippen molar-refractivity contribution in [1.82, 2.24) is 29.9 Å². The number of pyridine rings is 1. The van der Waals surface area contributed by atoms with Crippen molar-refractivity contribution in [3.8, 4) is 0 Å². The lowest BCUT2D eigenvalue weighted by Gasteiger charge is -1.70. The second-order valence-electron chi connectivity index (χ2n) is 5.29. The first-order chi connectivity index (χ1) is 22.5. The van der Waals surface area contributed by atoms with E-state index in [1.807, 2.05) is 161 Å². The molecule has 1 N–H and O–H groups in total. The first kappa shape index (κ1) is 53.2. The Hall–Kier alpha value is -4.43. The van der Waals surface area contributed by atoms with Gasteiger partial charge in [-0.1, -0.05) is 101 Å². The summed E-state index contributed by atoms with van der Waals surface area (Å²) < 4.78 is 4.58. The van der Waals surface area contributed by atoms with Crippen molar-refractivity contribution in [1.29, 1.82) is 0 Å². The van der Waals surface area contributed by atoms with Crippen molar-refractivity contribution in [2.24, 2.45) is 0 Å². The van der Waals surface area contributed by atoms with Crippen LogP contribution in [-0.2, 0) is 0 Å². The minimum Gasteiger partial charge on any atom is -0.473 e. The Morgan fingerprint density at radius 2 is 0.756 bits per heavy atom. The number of furan rings is 1. The third-order valence-corrected chi connectivity index (χ3v) is 3.50. The maximum Gasteiger partial charge on any atom is 0.115 e. The molecule has 0 aromatic carbocycles. The van der Waals surface area contributed by atoms with Gasteiger partial charge in [0.2, 0.25) is 0 Å². The van der Waals surface area contributed by atoms with Crippen LogP contribution in [0.2, 0.25) is 0 Å². The summed E-state index contributed by atoms with van der Waals surface area (Å²) in [6, 6.07) is 19.1. The average Bonchev–Trinajstić information content (AvgIpc) is 4.05. The minimum atomic E-state index is 1.50. The fourth-order valence-electron chi connectivity index (χ4n) is 1.55. The molecule has 0 radical (unpaired) electrons. The molecule has 8 heteroatoms. The summed E-state index contributed by atoms with van der Waals surface area (Å²) >= 11 is 1.71. The van der Waals surface area contributed by atoms with Gasteiger partial charge in [-0.05, 0) is 53.2 Å². The van der Waals surface area contributed by atoms with E-state index in [9.17, 15) is 0 Å². The molecule has 0 bridgehead atoms. The van der Waals surface area contributed by atoms with Gasteiger partial charge in [0.25, 0.3) is 0 Å². The summed E-state index contributed by atoms with van der Waals surface area (Å²) in [5, 5.41) is 4.08. The number of thiophene rings is 1. The molecular weight excluding hydrogens is 577 g/mol. The molecule has 0 saturated carbocycles. The number of hydrogen-bond acceptors (Lipinski definition) is 7. The summed E-state index contributed by atoms with van der Waals surface area (Å²) in [6.45, 7) is 24.0. The predicted molar refractivity (Wildman–Crippen MR) is 200 cm³/mol. The molecule has 0 saturated heterocycles. The zero-order valence-corrected chi connectivity index (χ0v) is 30.8. The smallest absolute Gasteiger partial charge is 0.115 e. The van der Waals surface area contributed by atoms with Crippen LogP contribution >= 0.6 is 11.3 Å². The van der Waals surface area contributed by atoms with Crippen LogP contribution in [0.3, 0.4) is 0 Å². The van der Waals surface area contributed by atoms with Crippen LogP contribution in [0.1, 0.15) is 83.1 Å². The molecule has 0 unspecified atom stereocenters. The van der Waals surface area contributed by atoms with Gasteiger partial charge >= 0.3 is 0 Å². The van der Waals surface area contributed by atoms with Gasteiger partial charge in [-0.2, -0.15) is 11.3 Å². The molecule has 0 fully saturated rings. The van der Waals surface area contributed by atoms with E-state index in [4.69, 9.17) is 0 Å². The predicted octanol–water partition coefficient (Wildman–Crippen LogP) is 12.2. The fourth-order valence-corrected chi connectivity index (χ4v) is 2.00. The van der Waals surface area contributed by atoms with Crippen LogP contribution in [-0.4, -0.2) is 29.9 Å². The lowest BCUT2D eigenvalue weighted by atomic mass is 10.5. The lowest BCUT2D eigenvalue weighted by molar-refractivity contribution is 0.567. The van der Waals surface area contributed by atoms with Crippen LogP contribution in [0, 0.1) is 0 Å². The SMILES string of the molecule is CC.CC.CC.CC.CC.CC.c1cc[nH]c1.c1ccncc1.c1ccoc1.c1ccsc1.c1cnccn1.c1cncnc1. The normalized spacial score (nSPS) is 6.67. The highest BCUT2D eigenvalue weighted by Gasteiger charge is 1.61. The minimum absolute atomic E-state index is 1.50. The van der Waals surface area contributed by atoms with Crippen LogP contribution in [0.25, 0.3) is 0 Å². The molecule has 252 valence electrons. The quantitative estimate of drug-likeness (QED) is 0.178. The van der Waals surface area contributed by atoms with E-state index in [1.165, 1.54) is 6.33 Å². The van der Waals surface area contributed by atoms with E-state index >= 15 is 0 Å². The highest BCUT2D eigenvalue weighted by molar-refractivity contribution is 7.07. The van der Waals surface area contributed by atoms with Crippen LogP contribution in [0.4, 0.5) is 0 Å². The second-order valence-corrected chi connectivity index (χ2v) is 6.11. The zero-order valence-electron chi connectivity index (χ0n) is 30.0. The molecule has 6 aromatic heterocycles. The summed E-state index contributed by atoms with van der Waals surface area (Å²) in [4.78, 5) is 21.4. The van der Waals surface area contributed by atoms with Gasteiger partial charge in [0.05, 0.1) is 12.5 Å². The Balaban J connectivity index is -0.0000000952. The highest BCUT2D eigenvalue weighted by atomic mass is 32.1. The monoisotopic (exact) mass is 638 g/mol. The van der Waals surface area contributed by atoms with E-state index in [0.717, 1.165) is 0 Å². The average molecular weight is 639 g/mol. The maximum absolute atomic E-state index is 4.58. The molecule has 7 nitrogen and oxygen atoms in total. The van der Waals surface area contributed by atoms with Crippen molar-refractivity contribution in [2.45, 2.75) is 83.1 Å².